The number of rotatable bonds is 4. The number of pyridine rings is 1. The summed E-state index contributed by atoms with van der Waals surface area (Å²) in [7, 11) is 0. The summed E-state index contributed by atoms with van der Waals surface area (Å²) in [6.07, 6.45) is 0. The number of nitrogens with one attached hydrogen (secondary N) is 1. The molecule has 6 heteroatoms. The molecule has 1 aromatic heterocycles. The Morgan fingerprint density at radius 2 is 1.85 bits per heavy atom. The van der Waals surface area contributed by atoms with Gasteiger partial charge in [0.15, 0.2) is 5.43 Å². The SMILES string of the molecule is Cc1cc2[nH]c(C(=O)O)cc(=O)c2c(C)c1Oc1ccc(O)c(C(C)C)c1. The van der Waals surface area contributed by atoms with Crippen molar-refractivity contribution in [1.29, 1.82) is 0 Å². The van der Waals surface area contributed by atoms with Gasteiger partial charge in [0, 0.05) is 17.2 Å². The van der Waals surface area contributed by atoms with Crippen molar-refractivity contribution in [2.45, 2.75) is 33.6 Å². The highest BCUT2D eigenvalue weighted by molar-refractivity contribution is 5.92. The average molecular weight is 367 g/mol. The number of H-pyrrole nitrogens is 1. The summed E-state index contributed by atoms with van der Waals surface area (Å²) in [6, 6.07) is 7.81. The normalized spacial score (nSPS) is 11.1. The van der Waals surface area contributed by atoms with Crippen molar-refractivity contribution in [1.82, 2.24) is 4.98 Å². The Hall–Kier alpha value is -3.28. The van der Waals surface area contributed by atoms with Gasteiger partial charge >= 0.3 is 5.97 Å². The number of fused-ring (bicyclic) bond motifs is 1. The summed E-state index contributed by atoms with van der Waals surface area (Å²) in [5.74, 6) is 0.249. The van der Waals surface area contributed by atoms with Crippen LogP contribution < -0.4 is 10.2 Å². The van der Waals surface area contributed by atoms with E-state index in [2.05, 4.69) is 4.98 Å². The van der Waals surface area contributed by atoms with Crippen LogP contribution in [-0.4, -0.2) is 21.2 Å². The van der Waals surface area contributed by atoms with Crippen molar-refractivity contribution < 1.29 is 19.7 Å². The molecule has 0 atom stereocenters. The van der Waals surface area contributed by atoms with E-state index in [0.29, 0.717) is 28.0 Å². The summed E-state index contributed by atoms with van der Waals surface area (Å²) in [4.78, 5) is 26.4. The predicted octanol–water partition coefficient (Wildman–Crippen LogP) is 4.46. The summed E-state index contributed by atoms with van der Waals surface area (Å²) in [5.41, 5.74) is 2.08. The summed E-state index contributed by atoms with van der Waals surface area (Å²) >= 11 is 0. The minimum atomic E-state index is -1.19. The summed E-state index contributed by atoms with van der Waals surface area (Å²) in [5, 5.41) is 19.5. The van der Waals surface area contributed by atoms with Crippen LogP contribution in [0, 0.1) is 13.8 Å². The van der Waals surface area contributed by atoms with E-state index in [-0.39, 0.29) is 22.8 Å². The molecule has 27 heavy (non-hydrogen) atoms. The lowest BCUT2D eigenvalue weighted by atomic mass is 10.0. The number of hydrogen-bond donors (Lipinski definition) is 3. The van der Waals surface area contributed by atoms with E-state index in [4.69, 9.17) is 9.84 Å². The third kappa shape index (κ3) is 3.38. The molecule has 0 amide bonds. The minimum Gasteiger partial charge on any atom is -0.508 e. The number of benzene rings is 2. The first-order valence-electron chi connectivity index (χ1n) is 8.60. The molecule has 0 bridgehead atoms. The third-order valence-corrected chi connectivity index (χ3v) is 4.57. The highest BCUT2D eigenvalue weighted by Crippen LogP contribution is 2.35. The van der Waals surface area contributed by atoms with Crippen molar-refractivity contribution in [3.63, 3.8) is 0 Å². The fourth-order valence-corrected chi connectivity index (χ4v) is 3.21. The number of carboxylic acid groups (broad SMARTS) is 1. The first-order valence-corrected chi connectivity index (χ1v) is 8.60. The first-order chi connectivity index (χ1) is 12.7. The molecule has 2 aromatic carbocycles. The molecule has 0 fully saturated rings. The number of phenols is 1. The van der Waals surface area contributed by atoms with Gasteiger partial charge in [-0.1, -0.05) is 13.8 Å². The second-order valence-corrected chi connectivity index (χ2v) is 6.90. The maximum atomic E-state index is 12.5. The number of aromatic amines is 1. The van der Waals surface area contributed by atoms with Gasteiger partial charge in [-0.3, -0.25) is 4.79 Å². The average Bonchev–Trinajstić information content (AvgIpc) is 2.58. The molecule has 3 N–H and O–H groups in total. The molecular formula is C21H21NO5. The van der Waals surface area contributed by atoms with E-state index in [1.165, 1.54) is 0 Å². The predicted molar refractivity (Wildman–Crippen MR) is 103 cm³/mol. The van der Waals surface area contributed by atoms with Gasteiger partial charge in [0.25, 0.3) is 0 Å². The zero-order chi connectivity index (χ0) is 19.9. The Balaban J connectivity index is 2.15. The molecule has 0 saturated heterocycles. The van der Waals surface area contributed by atoms with Crippen molar-refractivity contribution in [2.75, 3.05) is 0 Å². The van der Waals surface area contributed by atoms with E-state index >= 15 is 0 Å². The Morgan fingerprint density at radius 1 is 1.15 bits per heavy atom. The molecule has 6 nitrogen and oxygen atoms in total. The van der Waals surface area contributed by atoms with Crippen LogP contribution in [0.3, 0.4) is 0 Å². The van der Waals surface area contributed by atoms with Gasteiger partial charge in [0.05, 0.1) is 10.9 Å². The van der Waals surface area contributed by atoms with Crippen LogP contribution in [0.5, 0.6) is 17.2 Å². The van der Waals surface area contributed by atoms with Crippen LogP contribution in [0.1, 0.15) is 46.9 Å². The van der Waals surface area contributed by atoms with Crippen LogP contribution in [0.4, 0.5) is 0 Å². The maximum Gasteiger partial charge on any atom is 0.352 e. The third-order valence-electron chi connectivity index (χ3n) is 4.57. The smallest absolute Gasteiger partial charge is 0.352 e. The van der Waals surface area contributed by atoms with Crippen LogP contribution in [0.25, 0.3) is 10.9 Å². The fourth-order valence-electron chi connectivity index (χ4n) is 3.21. The molecule has 0 radical (unpaired) electrons. The van der Waals surface area contributed by atoms with E-state index < -0.39 is 5.97 Å². The molecule has 0 spiro atoms. The van der Waals surface area contributed by atoms with Crippen LogP contribution in [-0.2, 0) is 0 Å². The fraction of sp³-hybridized carbons (Fsp3) is 0.238. The van der Waals surface area contributed by atoms with Gasteiger partial charge in [-0.15, -0.1) is 0 Å². The number of aryl methyl sites for hydroxylation is 2. The van der Waals surface area contributed by atoms with Gasteiger partial charge in [-0.05, 0) is 49.6 Å². The number of carbonyl (C=O) groups is 1. The molecule has 0 aliphatic rings. The minimum absolute atomic E-state index is 0.129. The molecule has 0 aliphatic heterocycles. The van der Waals surface area contributed by atoms with E-state index in [9.17, 15) is 14.7 Å². The van der Waals surface area contributed by atoms with Crippen molar-refractivity contribution in [2.24, 2.45) is 0 Å². The molecule has 1 heterocycles. The van der Waals surface area contributed by atoms with Gasteiger partial charge in [-0.2, -0.15) is 0 Å². The number of aromatic carboxylic acids is 1. The molecule has 3 aromatic rings. The topological polar surface area (TPSA) is 99.6 Å². The van der Waals surface area contributed by atoms with Crippen LogP contribution >= 0.6 is 0 Å². The molecule has 0 unspecified atom stereocenters. The lowest BCUT2D eigenvalue weighted by Gasteiger charge is -2.16. The highest BCUT2D eigenvalue weighted by Gasteiger charge is 2.16. The number of carboxylic acids is 1. The number of ether oxygens (including phenoxy) is 1. The molecule has 3 rings (SSSR count). The van der Waals surface area contributed by atoms with Crippen molar-refractivity contribution in [3.05, 3.63) is 62.9 Å². The monoisotopic (exact) mass is 367 g/mol. The molecule has 0 saturated carbocycles. The van der Waals surface area contributed by atoms with Crippen LogP contribution in [0.2, 0.25) is 0 Å². The van der Waals surface area contributed by atoms with Crippen LogP contribution in [0.15, 0.2) is 35.1 Å². The number of aromatic hydroxyl groups is 1. The summed E-state index contributed by atoms with van der Waals surface area (Å²) < 4.78 is 6.05. The van der Waals surface area contributed by atoms with Crippen molar-refractivity contribution in [3.8, 4) is 17.2 Å². The quantitative estimate of drug-likeness (QED) is 0.632. The van der Waals surface area contributed by atoms with Crippen molar-refractivity contribution >= 4 is 16.9 Å². The van der Waals surface area contributed by atoms with Gasteiger partial charge < -0.3 is 19.9 Å². The second kappa shape index (κ2) is 6.79. The van der Waals surface area contributed by atoms with Gasteiger partial charge in [0.1, 0.15) is 22.9 Å². The Bertz CT molecular complexity index is 1110. The Morgan fingerprint density at radius 3 is 2.48 bits per heavy atom. The number of hydrogen-bond acceptors (Lipinski definition) is 4. The Kier molecular flexibility index (Phi) is 4.66. The Labute approximate surface area is 156 Å². The van der Waals surface area contributed by atoms with Gasteiger partial charge in [0.2, 0.25) is 0 Å². The lowest BCUT2D eigenvalue weighted by molar-refractivity contribution is 0.0691. The second-order valence-electron chi connectivity index (χ2n) is 6.90. The standard InChI is InChI=1S/C21H21NO5/c1-10(2)14-8-13(5-6-17(14)23)27-20-11(3)7-15-19(12(20)4)18(24)9-16(22-15)21(25)26/h5-10,23H,1-4H3,(H,22,24)(H,25,26). The van der Waals surface area contributed by atoms with E-state index in [0.717, 1.165) is 17.2 Å². The summed E-state index contributed by atoms with van der Waals surface area (Å²) in [6.45, 7) is 7.55. The maximum absolute atomic E-state index is 12.5. The highest BCUT2D eigenvalue weighted by atomic mass is 16.5. The molecular weight excluding hydrogens is 346 g/mol. The number of phenolic OH excluding ortho intramolecular Hbond substituents is 1. The lowest BCUT2D eigenvalue weighted by Crippen LogP contribution is -2.11. The zero-order valence-corrected chi connectivity index (χ0v) is 15.6. The van der Waals surface area contributed by atoms with E-state index in [1.54, 1.807) is 31.2 Å². The molecule has 140 valence electrons. The first kappa shape index (κ1) is 18.5. The molecule has 0 aliphatic carbocycles. The van der Waals surface area contributed by atoms with Gasteiger partial charge in [-0.25, -0.2) is 4.79 Å². The van der Waals surface area contributed by atoms with E-state index in [1.807, 2.05) is 20.8 Å². The zero-order valence-electron chi connectivity index (χ0n) is 15.6. The largest absolute Gasteiger partial charge is 0.508 e. The number of aromatic nitrogens is 1.